The highest BCUT2D eigenvalue weighted by Gasteiger charge is 2.24. The molecule has 9 nitrogen and oxygen atoms in total. The van der Waals surface area contributed by atoms with Crippen molar-refractivity contribution < 1.29 is 18.8 Å². The van der Waals surface area contributed by atoms with Crippen molar-refractivity contribution >= 4 is 17.3 Å². The van der Waals surface area contributed by atoms with Crippen LogP contribution >= 0.6 is 0 Å². The van der Waals surface area contributed by atoms with Gasteiger partial charge in [-0.3, -0.25) is 24.4 Å². The SMILES string of the molecule is Cc1c(NC(=O)[C@@H](C)Oc2cc(F)ccc2[N+](=O)[O-])c(=O)n(-c2ccccc2)n1C. The Morgan fingerprint density at radius 1 is 1.23 bits per heavy atom. The van der Waals surface area contributed by atoms with Crippen LogP contribution in [0, 0.1) is 22.9 Å². The van der Waals surface area contributed by atoms with Crippen molar-refractivity contribution in [2.45, 2.75) is 20.0 Å². The number of para-hydroxylation sites is 1. The zero-order valence-electron chi connectivity index (χ0n) is 16.5. The maximum Gasteiger partial charge on any atom is 0.311 e. The number of amides is 1. The second kappa shape index (κ2) is 8.19. The van der Waals surface area contributed by atoms with E-state index in [2.05, 4.69) is 5.32 Å². The Morgan fingerprint density at radius 2 is 1.90 bits per heavy atom. The van der Waals surface area contributed by atoms with E-state index in [9.17, 15) is 24.1 Å². The van der Waals surface area contributed by atoms with E-state index in [1.54, 1.807) is 42.9 Å². The van der Waals surface area contributed by atoms with E-state index in [0.717, 1.165) is 18.2 Å². The second-order valence-corrected chi connectivity index (χ2v) is 6.56. The molecular weight excluding hydrogens is 395 g/mol. The molecule has 1 aromatic heterocycles. The molecule has 10 heteroatoms. The van der Waals surface area contributed by atoms with Crippen molar-refractivity contribution in [1.82, 2.24) is 9.36 Å². The fourth-order valence-corrected chi connectivity index (χ4v) is 2.91. The molecule has 0 fully saturated rings. The fraction of sp³-hybridized carbons (Fsp3) is 0.200. The molecule has 1 heterocycles. The van der Waals surface area contributed by atoms with E-state index in [4.69, 9.17) is 4.74 Å². The van der Waals surface area contributed by atoms with E-state index < -0.39 is 34.0 Å². The summed E-state index contributed by atoms with van der Waals surface area (Å²) in [5.41, 5.74) is 0.252. The number of nitro benzene ring substituents is 1. The van der Waals surface area contributed by atoms with E-state index >= 15 is 0 Å². The van der Waals surface area contributed by atoms with Gasteiger partial charge in [-0.15, -0.1) is 0 Å². The topological polar surface area (TPSA) is 108 Å². The summed E-state index contributed by atoms with van der Waals surface area (Å²) in [6.45, 7) is 3.01. The van der Waals surface area contributed by atoms with E-state index in [1.165, 1.54) is 11.6 Å². The zero-order chi connectivity index (χ0) is 22.0. The predicted octanol–water partition coefficient (Wildman–Crippen LogP) is 2.94. The largest absolute Gasteiger partial charge is 0.474 e. The summed E-state index contributed by atoms with van der Waals surface area (Å²) < 4.78 is 21.8. The second-order valence-electron chi connectivity index (χ2n) is 6.56. The van der Waals surface area contributed by atoms with E-state index in [1.807, 2.05) is 6.07 Å². The molecule has 3 rings (SSSR count). The number of carbonyl (C=O) groups excluding carboxylic acids is 1. The molecule has 1 N–H and O–H groups in total. The van der Waals surface area contributed by atoms with Crippen LogP contribution in [-0.4, -0.2) is 26.3 Å². The number of nitrogens with zero attached hydrogens (tertiary/aromatic N) is 3. The first-order valence-corrected chi connectivity index (χ1v) is 8.96. The first-order chi connectivity index (χ1) is 14.2. The maximum absolute atomic E-state index is 13.5. The predicted molar refractivity (Wildman–Crippen MR) is 108 cm³/mol. The number of anilines is 1. The van der Waals surface area contributed by atoms with E-state index in [-0.39, 0.29) is 11.4 Å². The van der Waals surface area contributed by atoms with Gasteiger partial charge in [-0.1, -0.05) is 18.2 Å². The van der Waals surface area contributed by atoms with Crippen molar-refractivity contribution in [2.24, 2.45) is 7.05 Å². The van der Waals surface area contributed by atoms with Crippen molar-refractivity contribution in [2.75, 3.05) is 5.32 Å². The molecule has 1 atom stereocenters. The summed E-state index contributed by atoms with van der Waals surface area (Å²) >= 11 is 0. The lowest BCUT2D eigenvalue weighted by molar-refractivity contribution is -0.386. The molecule has 156 valence electrons. The number of hydrogen-bond donors (Lipinski definition) is 1. The average Bonchev–Trinajstić information content (AvgIpc) is 2.91. The Kier molecular flexibility index (Phi) is 5.67. The molecule has 30 heavy (non-hydrogen) atoms. The van der Waals surface area contributed by atoms with Crippen LogP contribution in [0.5, 0.6) is 5.75 Å². The molecule has 0 unspecified atom stereocenters. The van der Waals surface area contributed by atoms with Gasteiger partial charge in [0.05, 0.1) is 16.3 Å². The summed E-state index contributed by atoms with van der Waals surface area (Å²) in [6, 6.07) is 11.6. The third-order valence-electron chi connectivity index (χ3n) is 4.59. The number of ether oxygens (including phenoxy) is 1. The molecule has 3 aromatic rings. The molecule has 1 amide bonds. The number of aromatic nitrogens is 2. The quantitative estimate of drug-likeness (QED) is 0.493. The number of benzene rings is 2. The monoisotopic (exact) mass is 414 g/mol. The van der Waals surface area contributed by atoms with Crippen LogP contribution in [0.2, 0.25) is 0 Å². The van der Waals surface area contributed by atoms with Gasteiger partial charge in [0.1, 0.15) is 11.5 Å². The summed E-state index contributed by atoms with van der Waals surface area (Å²) in [5.74, 6) is -1.83. The number of hydrogen-bond acceptors (Lipinski definition) is 5. The highest BCUT2D eigenvalue weighted by atomic mass is 19.1. The molecular formula is C20H19FN4O5. The third-order valence-corrected chi connectivity index (χ3v) is 4.59. The van der Waals surface area contributed by atoms with Gasteiger partial charge in [-0.05, 0) is 32.0 Å². The van der Waals surface area contributed by atoms with Gasteiger partial charge >= 0.3 is 5.69 Å². The van der Waals surface area contributed by atoms with Crippen molar-refractivity contribution in [3.05, 3.63) is 80.5 Å². The molecule has 0 aliphatic rings. The molecule has 0 aliphatic heterocycles. The Labute approximate surface area is 170 Å². The molecule has 0 saturated heterocycles. The Morgan fingerprint density at radius 3 is 2.53 bits per heavy atom. The summed E-state index contributed by atoms with van der Waals surface area (Å²) in [7, 11) is 1.68. The van der Waals surface area contributed by atoms with Gasteiger partial charge in [-0.25, -0.2) is 9.07 Å². The molecule has 0 radical (unpaired) electrons. The standard InChI is InChI=1S/C20H19FN4O5/c1-12-18(20(27)24(23(12)3)15-7-5-4-6-8-15)22-19(26)13(2)30-17-11-14(21)9-10-16(17)25(28)29/h4-11,13H,1-3H3,(H,22,26)/t13-/m1/s1. The first-order valence-electron chi connectivity index (χ1n) is 8.96. The minimum absolute atomic E-state index is 0.0514. The average molecular weight is 414 g/mol. The van der Waals surface area contributed by atoms with Crippen molar-refractivity contribution in [1.29, 1.82) is 0 Å². The van der Waals surface area contributed by atoms with Gasteiger partial charge < -0.3 is 10.1 Å². The lowest BCUT2D eigenvalue weighted by Gasteiger charge is -2.14. The summed E-state index contributed by atoms with van der Waals surface area (Å²) in [5, 5.41) is 13.6. The van der Waals surface area contributed by atoms with Crippen LogP contribution in [0.25, 0.3) is 5.69 Å². The minimum atomic E-state index is -1.23. The highest BCUT2D eigenvalue weighted by molar-refractivity contribution is 5.94. The molecule has 0 spiro atoms. The molecule has 2 aromatic carbocycles. The summed E-state index contributed by atoms with van der Waals surface area (Å²) in [6.07, 6.45) is -1.23. The lowest BCUT2D eigenvalue weighted by Crippen LogP contribution is -2.32. The van der Waals surface area contributed by atoms with Crippen LogP contribution in [0.1, 0.15) is 12.6 Å². The number of carbonyl (C=O) groups is 1. The fourth-order valence-electron chi connectivity index (χ4n) is 2.91. The normalized spacial score (nSPS) is 11.7. The Balaban J connectivity index is 1.86. The number of nitro groups is 1. The number of halogens is 1. The Hall–Kier alpha value is -3.95. The van der Waals surface area contributed by atoms with Crippen LogP contribution in [0.4, 0.5) is 15.8 Å². The molecule has 0 aliphatic carbocycles. The van der Waals surface area contributed by atoms with Crippen LogP contribution < -0.4 is 15.6 Å². The minimum Gasteiger partial charge on any atom is -0.474 e. The van der Waals surface area contributed by atoms with E-state index in [0.29, 0.717) is 11.4 Å². The lowest BCUT2D eigenvalue weighted by atomic mass is 10.2. The van der Waals surface area contributed by atoms with Gasteiger partial charge in [0.2, 0.25) is 5.75 Å². The van der Waals surface area contributed by atoms with Gasteiger partial charge in [0, 0.05) is 19.2 Å². The number of nitrogens with one attached hydrogen (secondary N) is 1. The van der Waals surface area contributed by atoms with Gasteiger partial charge in [0.15, 0.2) is 6.10 Å². The summed E-state index contributed by atoms with van der Waals surface area (Å²) in [4.78, 5) is 35.8. The molecule has 0 bridgehead atoms. The smallest absolute Gasteiger partial charge is 0.311 e. The van der Waals surface area contributed by atoms with Gasteiger partial charge in [0.25, 0.3) is 11.5 Å². The van der Waals surface area contributed by atoms with Crippen molar-refractivity contribution in [3.63, 3.8) is 0 Å². The van der Waals surface area contributed by atoms with Crippen LogP contribution in [-0.2, 0) is 11.8 Å². The first kappa shape index (κ1) is 20.8. The van der Waals surface area contributed by atoms with Gasteiger partial charge in [-0.2, -0.15) is 0 Å². The van der Waals surface area contributed by atoms with Crippen molar-refractivity contribution in [3.8, 4) is 11.4 Å². The van der Waals surface area contributed by atoms with Crippen LogP contribution in [0.15, 0.2) is 53.3 Å². The molecule has 0 saturated carbocycles. The van der Waals surface area contributed by atoms with Crippen LogP contribution in [0.3, 0.4) is 0 Å². The third kappa shape index (κ3) is 3.93. The Bertz CT molecular complexity index is 1170. The highest BCUT2D eigenvalue weighted by Crippen LogP contribution is 2.28. The number of rotatable bonds is 6. The zero-order valence-corrected chi connectivity index (χ0v) is 16.5. The maximum atomic E-state index is 13.5.